The molecule has 0 aliphatic rings. The number of nitrogens with one attached hydrogen (secondary N) is 2. The lowest BCUT2D eigenvalue weighted by Gasteiger charge is -2.15. The minimum Gasteiger partial charge on any atom is -0.494 e. The number of halogens is 2. The highest BCUT2D eigenvalue weighted by atomic mass is 35.5. The molecule has 4 nitrogen and oxygen atoms in total. The van der Waals surface area contributed by atoms with Gasteiger partial charge >= 0.3 is 0 Å². The summed E-state index contributed by atoms with van der Waals surface area (Å²) in [6.45, 7) is 3.05. The van der Waals surface area contributed by atoms with Gasteiger partial charge in [-0.15, -0.1) is 0 Å². The van der Waals surface area contributed by atoms with Gasteiger partial charge in [0, 0.05) is 5.69 Å². The van der Waals surface area contributed by atoms with Crippen molar-refractivity contribution in [1.82, 2.24) is 0 Å². The molecule has 1 atom stereocenters. The molecule has 0 radical (unpaired) electrons. The van der Waals surface area contributed by atoms with Crippen LogP contribution in [0.25, 0.3) is 0 Å². The lowest BCUT2D eigenvalue weighted by atomic mass is 10.2. The number of rotatable bonds is 7. The molecule has 0 bridgehead atoms. The van der Waals surface area contributed by atoms with Gasteiger partial charge in [-0.1, -0.05) is 17.7 Å². The van der Waals surface area contributed by atoms with E-state index < -0.39 is 0 Å². The van der Waals surface area contributed by atoms with E-state index in [1.165, 1.54) is 6.07 Å². The standard InChI is InChI=1S/C18H20ClFN2O2/c1-3-24-14-9-7-13(8-10-14)21-18(23)12-22(2)11-15-16(19)5-4-6-17(15)20/h4-10H,3,11-12H2,1-2H3,(H,21,23)/p+1. The van der Waals surface area contributed by atoms with Crippen molar-refractivity contribution in [2.45, 2.75) is 13.5 Å². The average Bonchev–Trinajstić information content (AvgIpc) is 2.53. The Hall–Kier alpha value is -2.11. The Morgan fingerprint density at radius 3 is 2.58 bits per heavy atom. The summed E-state index contributed by atoms with van der Waals surface area (Å²) in [7, 11) is 1.82. The number of ether oxygens (including phenoxy) is 1. The molecule has 0 saturated carbocycles. The van der Waals surface area contributed by atoms with Gasteiger partial charge in [-0.3, -0.25) is 4.79 Å². The first-order chi connectivity index (χ1) is 11.5. The van der Waals surface area contributed by atoms with Gasteiger partial charge < -0.3 is 15.0 Å². The smallest absolute Gasteiger partial charge is 0.279 e. The number of benzene rings is 2. The Labute approximate surface area is 146 Å². The zero-order valence-corrected chi connectivity index (χ0v) is 14.5. The van der Waals surface area contributed by atoms with Crippen molar-refractivity contribution in [1.29, 1.82) is 0 Å². The predicted molar refractivity (Wildman–Crippen MR) is 93.1 cm³/mol. The van der Waals surface area contributed by atoms with E-state index >= 15 is 0 Å². The van der Waals surface area contributed by atoms with Gasteiger partial charge in [0.1, 0.15) is 18.1 Å². The van der Waals surface area contributed by atoms with Crippen molar-refractivity contribution >= 4 is 23.2 Å². The van der Waals surface area contributed by atoms with Crippen LogP contribution in [0.2, 0.25) is 5.02 Å². The number of hydrogen-bond donors (Lipinski definition) is 2. The summed E-state index contributed by atoms with van der Waals surface area (Å²) in [6.07, 6.45) is 0. The van der Waals surface area contributed by atoms with Crippen molar-refractivity contribution in [3.05, 3.63) is 58.9 Å². The van der Waals surface area contributed by atoms with Crippen LogP contribution < -0.4 is 15.0 Å². The van der Waals surface area contributed by atoms with E-state index in [0.29, 0.717) is 29.4 Å². The highest BCUT2D eigenvalue weighted by Gasteiger charge is 2.15. The third kappa shape index (κ3) is 5.22. The van der Waals surface area contributed by atoms with Crippen LogP contribution in [0.1, 0.15) is 12.5 Å². The van der Waals surface area contributed by atoms with Crippen molar-refractivity contribution < 1.29 is 18.8 Å². The molecular weight excluding hydrogens is 331 g/mol. The quantitative estimate of drug-likeness (QED) is 0.805. The summed E-state index contributed by atoms with van der Waals surface area (Å²) in [4.78, 5) is 12.9. The summed E-state index contributed by atoms with van der Waals surface area (Å²) >= 11 is 6.01. The molecule has 2 rings (SSSR count). The summed E-state index contributed by atoms with van der Waals surface area (Å²) in [5, 5.41) is 3.19. The molecular formula is C18H21ClFN2O2+. The number of likely N-dealkylation sites (N-methyl/N-ethyl adjacent to an activating group) is 1. The van der Waals surface area contributed by atoms with Gasteiger partial charge in [0.25, 0.3) is 5.91 Å². The van der Waals surface area contributed by atoms with Crippen molar-refractivity contribution in [2.24, 2.45) is 0 Å². The maximum absolute atomic E-state index is 13.8. The fourth-order valence-electron chi connectivity index (χ4n) is 2.35. The maximum atomic E-state index is 13.8. The number of amides is 1. The van der Waals surface area contributed by atoms with Gasteiger partial charge in [0.2, 0.25) is 0 Å². The lowest BCUT2D eigenvalue weighted by molar-refractivity contribution is -0.885. The molecule has 1 amide bonds. The van der Waals surface area contributed by atoms with Gasteiger partial charge in [0.05, 0.1) is 24.2 Å². The minimum atomic E-state index is -0.353. The third-order valence-electron chi connectivity index (χ3n) is 3.45. The fourth-order valence-corrected chi connectivity index (χ4v) is 2.58. The molecule has 0 fully saturated rings. The highest BCUT2D eigenvalue weighted by Crippen LogP contribution is 2.18. The van der Waals surface area contributed by atoms with Crippen molar-refractivity contribution in [3.63, 3.8) is 0 Å². The molecule has 128 valence electrons. The van der Waals surface area contributed by atoms with E-state index in [1.54, 1.807) is 36.4 Å². The SMILES string of the molecule is CCOc1ccc(NC(=O)C[NH+](C)Cc2c(F)cccc2Cl)cc1. The number of hydrogen-bond acceptors (Lipinski definition) is 2. The second-order valence-electron chi connectivity index (χ2n) is 5.52. The average molecular weight is 352 g/mol. The molecule has 0 spiro atoms. The first kappa shape index (κ1) is 18.2. The molecule has 24 heavy (non-hydrogen) atoms. The summed E-state index contributed by atoms with van der Waals surface area (Å²) in [6, 6.07) is 11.7. The second-order valence-corrected chi connectivity index (χ2v) is 5.92. The summed E-state index contributed by atoms with van der Waals surface area (Å²) in [5.74, 6) is 0.255. The zero-order chi connectivity index (χ0) is 17.5. The largest absolute Gasteiger partial charge is 0.494 e. The predicted octanol–water partition coefficient (Wildman–Crippen LogP) is 2.53. The Morgan fingerprint density at radius 2 is 1.96 bits per heavy atom. The number of carbonyl (C=O) groups is 1. The summed E-state index contributed by atoms with van der Waals surface area (Å²) in [5.41, 5.74) is 1.12. The Morgan fingerprint density at radius 1 is 1.25 bits per heavy atom. The Balaban J connectivity index is 1.89. The molecule has 0 aliphatic heterocycles. The first-order valence-electron chi connectivity index (χ1n) is 7.76. The topological polar surface area (TPSA) is 42.8 Å². The highest BCUT2D eigenvalue weighted by molar-refractivity contribution is 6.31. The van der Waals surface area contributed by atoms with E-state index in [0.717, 1.165) is 10.6 Å². The monoisotopic (exact) mass is 351 g/mol. The molecule has 0 heterocycles. The van der Waals surface area contributed by atoms with E-state index in [4.69, 9.17) is 16.3 Å². The van der Waals surface area contributed by atoms with Gasteiger partial charge in [-0.25, -0.2) is 4.39 Å². The van der Waals surface area contributed by atoms with Crippen molar-refractivity contribution in [2.75, 3.05) is 25.5 Å². The third-order valence-corrected chi connectivity index (χ3v) is 3.81. The van der Waals surface area contributed by atoms with Crippen LogP contribution in [0.15, 0.2) is 42.5 Å². The van der Waals surface area contributed by atoms with Crippen LogP contribution in [0, 0.1) is 5.82 Å². The van der Waals surface area contributed by atoms with Crippen LogP contribution in [-0.2, 0) is 11.3 Å². The van der Waals surface area contributed by atoms with Crippen LogP contribution in [0.4, 0.5) is 10.1 Å². The van der Waals surface area contributed by atoms with Gasteiger partial charge in [-0.2, -0.15) is 0 Å². The molecule has 6 heteroatoms. The molecule has 1 unspecified atom stereocenters. The fraction of sp³-hybridized carbons (Fsp3) is 0.278. The molecule has 2 N–H and O–H groups in total. The number of quaternary nitrogens is 1. The molecule has 0 saturated heterocycles. The normalized spacial score (nSPS) is 11.8. The Kier molecular flexibility index (Phi) is 6.58. The van der Waals surface area contributed by atoms with Crippen LogP contribution in [0.5, 0.6) is 5.75 Å². The minimum absolute atomic E-state index is 0.149. The first-order valence-corrected chi connectivity index (χ1v) is 8.14. The zero-order valence-electron chi connectivity index (χ0n) is 13.7. The maximum Gasteiger partial charge on any atom is 0.279 e. The van der Waals surface area contributed by atoms with Gasteiger partial charge in [0.15, 0.2) is 6.54 Å². The molecule has 0 aliphatic carbocycles. The lowest BCUT2D eigenvalue weighted by Crippen LogP contribution is -3.08. The van der Waals surface area contributed by atoms with Gasteiger partial charge in [-0.05, 0) is 43.3 Å². The molecule has 2 aromatic rings. The number of carbonyl (C=O) groups excluding carboxylic acids is 1. The van der Waals surface area contributed by atoms with E-state index in [2.05, 4.69) is 5.32 Å². The van der Waals surface area contributed by atoms with E-state index in [1.807, 2.05) is 14.0 Å². The van der Waals surface area contributed by atoms with Crippen LogP contribution in [0.3, 0.4) is 0 Å². The Bertz CT molecular complexity index is 672. The second kappa shape index (κ2) is 8.66. The number of anilines is 1. The molecule has 2 aromatic carbocycles. The van der Waals surface area contributed by atoms with Crippen molar-refractivity contribution in [3.8, 4) is 5.75 Å². The van der Waals surface area contributed by atoms with E-state index in [-0.39, 0.29) is 18.3 Å². The van der Waals surface area contributed by atoms with Crippen LogP contribution in [-0.4, -0.2) is 26.1 Å². The molecule has 0 aromatic heterocycles. The van der Waals surface area contributed by atoms with Crippen LogP contribution >= 0.6 is 11.6 Å². The van der Waals surface area contributed by atoms with E-state index in [9.17, 15) is 9.18 Å². The summed E-state index contributed by atoms with van der Waals surface area (Å²) < 4.78 is 19.1.